The number of aliphatic hydroxyl groups excluding tert-OH is 1. The highest BCUT2D eigenvalue weighted by molar-refractivity contribution is 5.77. The number of aliphatic hydroxyl groups is 1. The molecule has 0 saturated carbocycles. The van der Waals surface area contributed by atoms with Crippen molar-refractivity contribution < 1.29 is 9.90 Å². The van der Waals surface area contributed by atoms with Crippen LogP contribution < -0.4 is 5.32 Å². The predicted octanol–water partition coefficient (Wildman–Crippen LogP) is -0.421. The number of rotatable bonds is 4. The Morgan fingerprint density at radius 3 is 3.08 bits per heavy atom. The van der Waals surface area contributed by atoms with Crippen LogP contribution in [-0.4, -0.2) is 48.7 Å². The molecule has 2 N–H and O–H groups in total. The molecular weight excluding hydrogens is 168 g/mol. The first-order valence-corrected chi connectivity index (χ1v) is 4.84. The van der Waals surface area contributed by atoms with Crippen molar-refractivity contribution in [2.24, 2.45) is 0 Å². The Kier molecular flexibility index (Phi) is 4.18. The quantitative estimate of drug-likeness (QED) is 0.627. The van der Waals surface area contributed by atoms with Crippen LogP contribution in [0.25, 0.3) is 0 Å². The van der Waals surface area contributed by atoms with Crippen molar-refractivity contribution in [2.45, 2.75) is 25.3 Å². The Morgan fingerprint density at radius 2 is 2.46 bits per heavy atom. The van der Waals surface area contributed by atoms with Crippen molar-refractivity contribution in [3.05, 3.63) is 0 Å². The van der Waals surface area contributed by atoms with Crippen molar-refractivity contribution in [3.8, 4) is 0 Å². The number of likely N-dealkylation sites (tertiary alicyclic amines) is 1. The van der Waals surface area contributed by atoms with E-state index in [0.29, 0.717) is 13.0 Å². The third kappa shape index (κ3) is 2.67. The van der Waals surface area contributed by atoms with Gasteiger partial charge in [-0.1, -0.05) is 0 Å². The second-order valence-electron chi connectivity index (χ2n) is 3.42. The van der Waals surface area contributed by atoms with E-state index in [2.05, 4.69) is 5.32 Å². The standard InChI is InChI=1S/C9H18N2O2/c1-10-5-4-9(13)11-6-2-3-8(11)7-12/h8,10,12H,2-7H2,1H3. The van der Waals surface area contributed by atoms with E-state index < -0.39 is 0 Å². The largest absolute Gasteiger partial charge is 0.394 e. The number of carbonyl (C=O) groups excluding carboxylic acids is 1. The Balaban J connectivity index is 2.36. The highest BCUT2D eigenvalue weighted by Crippen LogP contribution is 2.17. The van der Waals surface area contributed by atoms with Gasteiger partial charge in [0, 0.05) is 19.5 Å². The molecule has 0 aromatic heterocycles. The summed E-state index contributed by atoms with van der Waals surface area (Å²) in [4.78, 5) is 13.4. The molecule has 0 aromatic carbocycles. The van der Waals surface area contributed by atoms with Crippen LogP contribution in [0.15, 0.2) is 0 Å². The maximum atomic E-state index is 11.5. The third-order valence-electron chi connectivity index (χ3n) is 2.50. The Morgan fingerprint density at radius 1 is 1.69 bits per heavy atom. The molecule has 0 spiro atoms. The van der Waals surface area contributed by atoms with Gasteiger partial charge in [0.15, 0.2) is 0 Å². The number of amides is 1. The molecule has 0 aromatic rings. The number of carbonyl (C=O) groups is 1. The van der Waals surface area contributed by atoms with Gasteiger partial charge in [-0.25, -0.2) is 0 Å². The normalized spacial score (nSPS) is 22.3. The smallest absolute Gasteiger partial charge is 0.224 e. The van der Waals surface area contributed by atoms with Crippen LogP contribution in [-0.2, 0) is 4.79 Å². The summed E-state index contributed by atoms with van der Waals surface area (Å²) in [5, 5.41) is 11.9. The number of nitrogens with zero attached hydrogens (tertiary/aromatic N) is 1. The second-order valence-corrected chi connectivity index (χ2v) is 3.42. The van der Waals surface area contributed by atoms with E-state index in [4.69, 9.17) is 5.11 Å². The zero-order chi connectivity index (χ0) is 9.68. The number of hydrogen-bond donors (Lipinski definition) is 2. The van der Waals surface area contributed by atoms with Gasteiger partial charge in [-0.15, -0.1) is 0 Å². The van der Waals surface area contributed by atoms with Gasteiger partial charge >= 0.3 is 0 Å². The van der Waals surface area contributed by atoms with Gasteiger partial charge < -0.3 is 15.3 Å². The first kappa shape index (κ1) is 10.5. The molecule has 1 aliphatic rings. The highest BCUT2D eigenvalue weighted by atomic mass is 16.3. The lowest BCUT2D eigenvalue weighted by molar-refractivity contribution is -0.132. The molecule has 1 rings (SSSR count). The topological polar surface area (TPSA) is 52.6 Å². The fourth-order valence-electron chi connectivity index (χ4n) is 1.73. The molecule has 1 aliphatic heterocycles. The summed E-state index contributed by atoms with van der Waals surface area (Å²) < 4.78 is 0. The van der Waals surface area contributed by atoms with Crippen LogP contribution in [0, 0.1) is 0 Å². The molecule has 76 valence electrons. The van der Waals surface area contributed by atoms with Crippen molar-refractivity contribution in [1.29, 1.82) is 0 Å². The summed E-state index contributed by atoms with van der Waals surface area (Å²) in [7, 11) is 1.83. The summed E-state index contributed by atoms with van der Waals surface area (Å²) >= 11 is 0. The van der Waals surface area contributed by atoms with Crippen LogP contribution in [0.5, 0.6) is 0 Å². The average Bonchev–Trinajstić information content (AvgIpc) is 2.61. The van der Waals surface area contributed by atoms with Gasteiger partial charge in [0.1, 0.15) is 0 Å². The molecule has 0 aliphatic carbocycles. The van der Waals surface area contributed by atoms with Gasteiger partial charge in [0.2, 0.25) is 5.91 Å². The first-order valence-electron chi connectivity index (χ1n) is 4.84. The summed E-state index contributed by atoms with van der Waals surface area (Å²) in [6, 6.07) is 0.0735. The van der Waals surface area contributed by atoms with Crippen molar-refractivity contribution in [1.82, 2.24) is 10.2 Å². The van der Waals surface area contributed by atoms with Crippen molar-refractivity contribution in [3.63, 3.8) is 0 Å². The predicted molar refractivity (Wildman–Crippen MR) is 50.4 cm³/mol. The van der Waals surface area contributed by atoms with Gasteiger partial charge in [-0.2, -0.15) is 0 Å². The molecule has 13 heavy (non-hydrogen) atoms. The van der Waals surface area contributed by atoms with Crippen LogP contribution in [0.3, 0.4) is 0 Å². The van der Waals surface area contributed by atoms with Gasteiger partial charge in [-0.05, 0) is 19.9 Å². The molecule has 1 fully saturated rings. The molecular formula is C9H18N2O2. The Labute approximate surface area is 78.9 Å². The Bertz CT molecular complexity index is 173. The summed E-state index contributed by atoms with van der Waals surface area (Å²) in [5.41, 5.74) is 0. The van der Waals surface area contributed by atoms with E-state index in [9.17, 15) is 4.79 Å². The molecule has 1 saturated heterocycles. The molecule has 4 nitrogen and oxygen atoms in total. The number of nitrogens with one attached hydrogen (secondary N) is 1. The maximum Gasteiger partial charge on any atom is 0.224 e. The summed E-state index contributed by atoms with van der Waals surface area (Å²) in [6.07, 6.45) is 2.51. The minimum absolute atomic E-state index is 0.0735. The van der Waals surface area contributed by atoms with Gasteiger partial charge in [-0.3, -0.25) is 4.79 Å². The zero-order valence-electron chi connectivity index (χ0n) is 8.12. The molecule has 1 heterocycles. The molecule has 1 unspecified atom stereocenters. The lowest BCUT2D eigenvalue weighted by Crippen LogP contribution is -2.38. The van der Waals surface area contributed by atoms with Gasteiger partial charge in [0.05, 0.1) is 12.6 Å². The third-order valence-corrected chi connectivity index (χ3v) is 2.50. The van der Waals surface area contributed by atoms with E-state index in [-0.39, 0.29) is 18.6 Å². The fourth-order valence-corrected chi connectivity index (χ4v) is 1.73. The molecule has 0 radical (unpaired) electrons. The second kappa shape index (κ2) is 5.19. The van der Waals surface area contributed by atoms with E-state index in [1.54, 1.807) is 4.90 Å². The van der Waals surface area contributed by atoms with E-state index in [1.807, 2.05) is 7.05 Å². The minimum atomic E-state index is 0.0735. The Hall–Kier alpha value is -0.610. The summed E-state index contributed by atoms with van der Waals surface area (Å²) in [6.45, 7) is 1.63. The van der Waals surface area contributed by atoms with Crippen LogP contribution >= 0.6 is 0 Å². The number of hydrogen-bond acceptors (Lipinski definition) is 3. The highest BCUT2D eigenvalue weighted by Gasteiger charge is 2.27. The molecule has 1 atom stereocenters. The van der Waals surface area contributed by atoms with Crippen molar-refractivity contribution >= 4 is 5.91 Å². The SMILES string of the molecule is CNCCC(=O)N1CCCC1CO. The fraction of sp³-hybridized carbons (Fsp3) is 0.889. The molecule has 0 bridgehead atoms. The van der Waals surface area contributed by atoms with E-state index in [0.717, 1.165) is 19.4 Å². The van der Waals surface area contributed by atoms with E-state index >= 15 is 0 Å². The first-order chi connectivity index (χ1) is 6.29. The monoisotopic (exact) mass is 186 g/mol. The zero-order valence-corrected chi connectivity index (χ0v) is 8.12. The maximum absolute atomic E-state index is 11.5. The van der Waals surface area contributed by atoms with Crippen LogP contribution in [0.4, 0.5) is 0 Å². The lowest BCUT2D eigenvalue weighted by Gasteiger charge is -2.22. The van der Waals surface area contributed by atoms with Gasteiger partial charge in [0.25, 0.3) is 0 Å². The molecule has 4 heteroatoms. The van der Waals surface area contributed by atoms with Crippen molar-refractivity contribution in [2.75, 3.05) is 26.7 Å². The molecule has 1 amide bonds. The summed E-state index contributed by atoms with van der Waals surface area (Å²) in [5.74, 6) is 0.158. The average molecular weight is 186 g/mol. The van der Waals surface area contributed by atoms with E-state index in [1.165, 1.54) is 0 Å². The van der Waals surface area contributed by atoms with Crippen LogP contribution in [0.1, 0.15) is 19.3 Å². The lowest BCUT2D eigenvalue weighted by atomic mass is 10.2. The minimum Gasteiger partial charge on any atom is -0.394 e. The van der Waals surface area contributed by atoms with Crippen LogP contribution in [0.2, 0.25) is 0 Å².